The first-order valence-corrected chi connectivity index (χ1v) is 5.04. The summed E-state index contributed by atoms with van der Waals surface area (Å²) < 4.78 is 32.6. The maximum absolute atomic E-state index is 13.5. The Morgan fingerprint density at radius 1 is 1.19 bits per heavy atom. The quantitative estimate of drug-likeness (QED) is 0.666. The monoisotopic (exact) mass is 223 g/mol. The Bertz CT molecular complexity index is 468. The van der Waals surface area contributed by atoms with Crippen molar-refractivity contribution in [3.05, 3.63) is 42.0 Å². The zero-order valence-corrected chi connectivity index (χ0v) is 9.15. The largest absolute Gasteiger partial charge is 0.828 e. The summed E-state index contributed by atoms with van der Waals surface area (Å²) in [5, 5.41) is 0. The normalized spacial score (nSPS) is 19.1. The lowest BCUT2D eigenvalue weighted by Gasteiger charge is -2.28. The lowest BCUT2D eigenvalue weighted by atomic mass is 9.99. The second-order valence-corrected chi connectivity index (χ2v) is 3.81. The van der Waals surface area contributed by atoms with Gasteiger partial charge < -0.3 is 17.8 Å². The zero-order chi connectivity index (χ0) is 11.8. The average Bonchev–Trinajstić information content (AvgIpc) is 2.26. The summed E-state index contributed by atoms with van der Waals surface area (Å²) in [6.45, 7) is 1.64. The number of hydrogen-bond donors (Lipinski definition) is 0. The van der Waals surface area contributed by atoms with Gasteiger partial charge in [0.1, 0.15) is 5.71 Å². The molecule has 0 aliphatic carbocycles. The van der Waals surface area contributed by atoms with Gasteiger partial charge in [-0.25, -0.2) is 0 Å². The maximum atomic E-state index is 13.5. The van der Waals surface area contributed by atoms with Crippen LogP contribution in [0.4, 0.5) is 8.63 Å². The third kappa shape index (κ3) is 1.85. The average molecular weight is 223 g/mol. The number of hydrogen-bond acceptors (Lipinski definition) is 1. The summed E-state index contributed by atoms with van der Waals surface area (Å²) in [7, 11) is -2.63. The number of allylic oxidation sites excluding steroid dienone is 1. The van der Waals surface area contributed by atoms with Crippen molar-refractivity contribution in [2.24, 2.45) is 0 Å². The molecule has 2 rings (SSSR count). The third-order valence-corrected chi connectivity index (χ3v) is 2.67. The second kappa shape index (κ2) is 3.74. The summed E-state index contributed by atoms with van der Waals surface area (Å²) in [6.07, 6.45) is 1.62. The van der Waals surface area contributed by atoms with E-state index in [1.54, 1.807) is 37.3 Å². The molecule has 1 aliphatic rings. The van der Waals surface area contributed by atoms with E-state index in [4.69, 9.17) is 4.65 Å². The number of nitrogens with zero attached hydrogens (tertiary/aromatic N) is 1. The van der Waals surface area contributed by atoms with E-state index in [-0.39, 0.29) is 5.76 Å². The summed E-state index contributed by atoms with van der Waals surface area (Å²) in [6, 6.07) is 8.91. The summed E-state index contributed by atoms with van der Waals surface area (Å²) in [5.74, 6) is 0.223. The SMILES string of the molecule is CC1=[N+](C)[B-](F)(F)OC(c2ccccc2)=C1. The van der Waals surface area contributed by atoms with Crippen LogP contribution in [0, 0.1) is 0 Å². The molecule has 0 unspecified atom stereocenters. The molecule has 0 saturated heterocycles. The fraction of sp³-hybridized carbons (Fsp3) is 0.182. The molecule has 16 heavy (non-hydrogen) atoms. The van der Waals surface area contributed by atoms with Crippen molar-refractivity contribution in [2.45, 2.75) is 6.92 Å². The Kier molecular flexibility index (Phi) is 2.54. The Morgan fingerprint density at radius 3 is 2.38 bits per heavy atom. The molecule has 0 N–H and O–H groups in total. The van der Waals surface area contributed by atoms with Crippen molar-refractivity contribution in [3.8, 4) is 0 Å². The minimum absolute atomic E-state index is 0.223. The standard InChI is InChI=1S/C11H12BF2NO/c1-9-8-11(10-6-4-3-5-7-10)16-12(13,14)15(9)2/h3-8H,1-2H3. The van der Waals surface area contributed by atoms with E-state index in [0.717, 1.165) is 4.49 Å². The molecular formula is C11H12BF2NO. The highest BCUT2D eigenvalue weighted by atomic mass is 19.3. The van der Waals surface area contributed by atoms with Gasteiger partial charge in [0.05, 0.1) is 12.8 Å². The minimum atomic E-state index is -3.96. The Labute approximate surface area is 92.9 Å². The highest BCUT2D eigenvalue weighted by Gasteiger charge is 2.47. The van der Waals surface area contributed by atoms with Crippen LogP contribution in [0.2, 0.25) is 0 Å². The Balaban J connectivity index is 2.44. The summed E-state index contributed by atoms with van der Waals surface area (Å²) in [5.41, 5.74) is 1.16. The molecule has 0 atom stereocenters. The molecule has 1 aromatic rings. The molecule has 1 heterocycles. The highest BCUT2D eigenvalue weighted by Crippen LogP contribution is 2.26. The van der Waals surface area contributed by atoms with Gasteiger partial charge in [-0.2, -0.15) is 0 Å². The van der Waals surface area contributed by atoms with Gasteiger partial charge in [0, 0.05) is 18.6 Å². The molecule has 84 valence electrons. The molecule has 0 fully saturated rings. The van der Waals surface area contributed by atoms with Crippen molar-refractivity contribution in [3.63, 3.8) is 0 Å². The minimum Gasteiger partial charge on any atom is -0.599 e. The number of rotatable bonds is 1. The topological polar surface area (TPSA) is 12.2 Å². The van der Waals surface area contributed by atoms with Crippen molar-refractivity contribution >= 4 is 18.5 Å². The van der Waals surface area contributed by atoms with Crippen LogP contribution in [0.25, 0.3) is 5.76 Å². The van der Waals surface area contributed by atoms with Crippen LogP contribution in [-0.2, 0) is 4.65 Å². The number of halogens is 2. The van der Waals surface area contributed by atoms with E-state index in [9.17, 15) is 8.63 Å². The number of benzene rings is 1. The van der Waals surface area contributed by atoms with Gasteiger partial charge in [0.15, 0.2) is 0 Å². The molecule has 0 bridgehead atoms. The summed E-state index contributed by atoms with van der Waals surface area (Å²) >= 11 is 0. The van der Waals surface area contributed by atoms with E-state index >= 15 is 0 Å². The van der Waals surface area contributed by atoms with Gasteiger partial charge in [-0.05, 0) is 0 Å². The smallest absolute Gasteiger partial charge is 0.599 e. The highest BCUT2D eigenvalue weighted by molar-refractivity contribution is 6.53. The third-order valence-electron chi connectivity index (χ3n) is 2.67. The van der Waals surface area contributed by atoms with Crippen molar-refractivity contribution in [2.75, 3.05) is 7.05 Å². The second-order valence-electron chi connectivity index (χ2n) is 3.81. The van der Waals surface area contributed by atoms with Crippen LogP contribution < -0.4 is 0 Å². The van der Waals surface area contributed by atoms with Gasteiger partial charge in [0.25, 0.3) is 0 Å². The van der Waals surface area contributed by atoms with Crippen molar-refractivity contribution < 1.29 is 17.8 Å². The Morgan fingerprint density at radius 2 is 1.81 bits per heavy atom. The first kappa shape index (κ1) is 10.9. The first-order valence-electron chi connectivity index (χ1n) is 5.04. The molecule has 0 amide bonds. The van der Waals surface area contributed by atoms with E-state index in [1.807, 2.05) is 6.07 Å². The van der Waals surface area contributed by atoms with Gasteiger partial charge in [-0.3, -0.25) is 0 Å². The summed E-state index contributed by atoms with van der Waals surface area (Å²) in [4.78, 5) is 0. The first-order chi connectivity index (χ1) is 7.50. The van der Waals surface area contributed by atoms with Crippen LogP contribution in [0.3, 0.4) is 0 Å². The lowest BCUT2D eigenvalue weighted by Crippen LogP contribution is -2.45. The van der Waals surface area contributed by atoms with Crippen LogP contribution in [0.5, 0.6) is 0 Å². The van der Waals surface area contributed by atoms with Gasteiger partial charge in [-0.15, -0.1) is 0 Å². The van der Waals surface area contributed by atoms with Crippen LogP contribution in [-0.4, -0.2) is 24.3 Å². The molecule has 1 aliphatic heterocycles. The fourth-order valence-electron chi connectivity index (χ4n) is 1.55. The molecule has 0 spiro atoms. The molecule has 0 saturated carbocycles. The van der Waals surface area contributed by atoms with Gasteiger partial charge >= 0.3 is 7.04 Å². The molecule has 2 nitrogen and oxygen atoms in total. The molecule has 1 aromatic carbocycles. The molecular weight excluding hydrogens is 211 g/mol. The molecule has 0 radical (unpaired) electrons. The Hall–Kier alpha value is -1.65. The fourth-order valence-corrected chi connectivity index (χ4v) is 1.55. The van der Waals surface area contributed by atoms with Gasteiger partial charge in [-0.1, -0.05) is 30.3 Å². The zero-order valence-electron chi connectivity index (χ0n) is 9.15. The van der Waals surface area contributed by atoms with Crippen LogP contribution in [0.1, 0.15) is 12.5 Å². The predicted molar refractivity (Wildman–Crippen MR) is 60.3 cm³/mol. The predicted octanol–water partition coefficient (Wildman–Crippen LogP) is 2.54. The molecule has 5 heteroatoms. The van der Waals surface area contributed by atoms with Crippen LogP contribution >= 0.6 is 0 Å². The van der Waals surface area contributed by atoms with Crippen LogP contribution in [0.15, 0.2) is 36.4 Å². The van der Waals surface area contributed by atoms with E-state index in [1.165, 1.54) is 7.05 Å². The van der Waals surface area contributed by atoms with E-state index < -0.39 is 7.04 Å². The van der Waals surface area contributed by atoms with E-state index in [2.05, 4.69) is 0 Å². The van der Waals surface area contributed by atoms with Crippen molar-refractivity contribution in [1.29, 1.82) is 0 Å². The van der Waals surface area contributed by atoms with Crippen molar-refractivity contribution in [1.82, 2.24) is 0 Å². The lowest BCUT2D eigenvalue weighted by molar-refractivity contribution is -0.408. The van der Waals surface area contributed by atoms with Gasteiger partial charge in [0.2, 0.25) is 0 Å². The maximum Gasteiger partial charge on any atom is 0.828 e. The van der Waals surface area contributed by atoms with E-state index in [0.29, 0.717) is 11.3 Å². The molecule has 0 aromatic heterocycles.